The largest absolute Gasteiger partial charge is 0.279 e. The molecular weight excluding hydrogens is 410 g/mol. The third kappa shape index (κ3) is 3.25. The first-order valence-corrected chi connectivity index (χ1v) is 10.6. The summed E-state index contributed by atoms with van der Waals surface area (Å²) in [6.45, 7) is 7.37. The molecule has 0 saturated heterocycles. The SMILES string of the molecule is CC(C)(C)[C@@H]1CCc2c(sc3nnn(Cc4ccc(Br)cc4)c(=O)c23)C1. The lowest BCUT2D eigenvalue weighted by Crippen LogP contribution is -2.28. The van der Waals surface area contributed by atoms with Gasteiger partial charge in [0.25, 0.3) is 5.56 Å². The lowest BCUT2D eigenvalue weighted by molar-refractivity contribution is 0.218. The van der Waals surface area contributed by atoms with Crippen molar-refractivity contribution in [2.24, 2.45) is 11.3 Å². The summed E-state index contributed by atoms with van der Waals surface area (Å²) in [5, 5.41) is 9.35. The summed E-state index contributed by atoms with van der Waals surface area (Å²) < 4.78 is 2.52. The molecule has 26 heavy (non-hydrogen) atoms. The average Bonchev–Trinajstić information content (AvgIpc) is 2.97. The topological polar surface area (TPSA) is 47.8 Å². The number of rotatable bonds is 2. The van der Waals surface area contributed by atoms with E-state index in [1.165, 1.54) is 15.1 Å². The number of benzene rings is 1. The molecule has 0 fully saturated rings. The second-order valence-corrected chi connectivity index (χ2v) is 10.2. The monoisotopic (exact) mass is 431 g/mol. The van der Waals surface area contributed by atoms with Crippen molar-refractivity contribution in [3.8, 4) is 0 Å². The van der Waals surface area contributed by atoms with Gasteiger partial charge in [0.05, 0.1) is 11.9 Å². The van der Waals surface area contributed by atoms with Crippen LogP contribution in [0.15, 0.2) is 33.5 Å². The number of fused-ring (bicyclic) bond motifs is 3. The first-order chi connectivity index (χ1) is 12.3. The van der Waals surface area contributed by atoms with Gasteiger partial charge in [-0.1, -0.05) is 54.0 Å². The predicted molar refractivity (Wildman–Crippen MR) is 110 cm³/mol. The van der Waals surface area contributed by atoms with Crippen molar-refractivity contribution < 1.29 is 0 Å². The summed E-state index contributed by atoms with van der Waals surface area (Å²) >= 11 is 5.09. The van der Waals surface area contributed by atoms with Crippen molar-refractivity contribution in [1.29, 1.82) is 0 Å². The Balaban J connectivity index is 1.72. The minimum atomic E-state index is -0.00960. The molecule has 1 aromatic carbocycles. The van der Waals surface area contributed by atoms with Crippen molar-refractivity contribution in [2.45, 2.75) is 46.6 Å². The lowest BCUT2D eigenvalue weighted by atomic mass is 9.72. The highest BCUT2D eigenvalue weighted by atomic mass is 79.9. The number of nitrogens with zero attached hydrogens (tertiary/aromatic N) is 3. The third-order valence-corrected chi connectivity index (χ3v) is 7.08. The van der Waals surface area contributed by atoms with Gasteiger partial charge < -0.3 is 0 Å². The number of halogens is 1. The van der Waals surface area contributed by atoms with Crippen LogP contribution in [0.25, 0.3) is 10.2 Å². The zero-order valence-corrected chi connectivity index (χ0v) is 17.7. The minimum absolute atomic E-state index is 0.00960. The summed E-state index contributed by atoms with van der Waals surface area (Å²) in [4.78, 5) is 15.2. The molecule has 2 heterocycles. The van der Waals surface area contributed by atoms with E-state index in [0.717, 1.165) is 39.5 Å². The molecular formula is C20H22BrN3OS. The Morgan fingerprint density at radius 2 is 2.00 bits per heavy atom. The van der Waals surface area contributed by atoms with Crippen LogP contribution in [0.5, 0.6) is 0 Å². The molecule has 0 amide bonds. The van der Waals surface area contributed by atoms with Gasteiger partial charge in [0.2, 0.25) is 0 Å². The van der Waals surface area contributed by atoms with Crippen molar-refractivity contribution in [3.63, 3.8) is 0 Å². The second-order valence-electron chi connectivity index (χ2n) is 8.17. The quantitative estimate of drug-likeness (QED) is 0.584. The molecule has 0 N–H and O–H groups in total. The summed E-state index contributed by atoms with van der Waals surface area (Å²) in [5.41, 5.74) is 2.54. The number of hydrogen-bond acceptors (Lipinski definition) is 4. The fourth-order valence-corrected chi connectivity index (χ4v) is 5.23. The molecule has 0 spiro atoms. The molecule has 4 rings (SSSR count). The zero-order valence-electron chi connectivity index (χ0n) is 15.3. The van der Waals surface area contributed by atoms with E-state index in [-0.39, 0.29) is 5.56 Å². The second kappa shape index (κ2) is 6.57. The van der Waals surface area contributed by atoms with Gasteiger partial charge in [-0.15, -0.1) is 16.4 Å². The summed E-state index contributed by atoms with van der Waals surface area (Å²) in [7, 11) is 0. The highest BCUT2D eigenvalue weighted by Crippen LogP contribution is 2.41. The molecule has 0 aliphatic heterocycles. The van der Waals surface area contributed by atoms with E-state index in [1.54, 1.807) is 11.3 Å². The number of thiophene rings is 1. The normalized spacial score (nSPS) is 17.5. The van der Waals surface area contributed by atoms with Crippen molar-refractivity contribution in [1.82, 2.24) is 15.0 Å². The molecule has 0 bridgehead atoms. The van der Waals surface area contributed by atoms with E-state index < -0.39 is 0 Å². The van der Waals surface area contributed by atoms with Crippen LogP contribution in [0.2, 0.25) is 0 Å². The van der Waals surface area contributed by atoms with Crippen molar-refractivity contribution in [2.75, 3.05) is 0 Å². The molecule has 1 aliphatic carbocycles. The number of aromatic nitrogens is 3. The maximum Gasteiger partial charge on any atom is 0.279 e. The lowest BCUT2D eigenvalue weighted by Gasteiger charge is -2.33. The van der Waals surface area contributed by atoms with Crippen LogP contribution in [-0.2, 0) is 19.4 Å². The molecule has 1 atom stereocenters. The van der Waals surface area contributed by atoms with Crippen LogP contribution >= 0.6 is 27.3 Å². The fourth-order valence-electron chi connectivity index (χ4n) is 3.73. The zero-order chi connectivity index (χ0) is 18.5. The van der Waals surface area contributed by atoms with Gasteiger partial charge >= 0.3 is 0 Å². The van der Waals surface area contributed by atoms with E-state index in [2.05, 4.69) is 47.0 Å². The van der Waals surface area contributed by atoms with E-state index in [9.17, 15) is 4.79 Å². The Morgan fingerprint density at radius 3 is 2.69 bits per heavy atom. The Kier molecular flexibility index (Phi) is 4.51. The van der Waals surface area contributed by atoms with E-state index >= 15 is 0 Å². The number of hydrogen-bond donors (Lipinski definition) is 0. The van der Waals surface area contributed by atoms with Gasteiger partial charge in [-0.2, -0.15) is 0 Å². The average molecular weight is 432 g/mol. The van der Waals surface area contributed by atoms with Crippen molar-refractivity contribution >= 4 is 37.5 Å². The maximum atomic E-state index is 13.1. The van der Waals surface area contributed by atoms with Gasteiger partial charge in [-0.3, -0.25) is 4.79 Å². The first kappa shape index (κ1) is 17.9. The van der Waals surface area contributed by atoms with Crippen LogP contribution in [0.3, 0.4) is 0 Å². The highest BCUT2D eigenvalue weighted by Gasteiger charge is 2.31. The van der Waals surface area contributed by atoms with Crippen LogP contribution in [0.4, 0.5) is 0 Å². The Morgan fingerprint density at radius 1 is 1.27 bits per heavy atom. The first-order valence-electron chi connectivity index (χ1n) is 8.95. The molecule has 0 unspecified atom stereocenters. The third-order valence-electron chi connectivity index (χ3n) is 5.41. The van der Waals surface area contributed by atoms with Crippen LogP contribution in [0, 0.1) is 11.3 Å². The Bertz CT molecular complexity index is 1010. The Hall–Kier alpha value is -1.53. The van der Waals surface area contributed by atoms with Crippen LogP contribution < -0.4 is 5.56 Å². The van der Waals surface area contributed by atoms with Gasteiger partial charge in [0.15, 0.2) is 4.83 Å². The van der Waals surface area contributed by atoms with E-state index in [1.807, 2.05) is 24.3 Å². The number of aryl methyl sites for hydroxylation is 1. The summed E-state index contributed by atoms with van der Waals surface area (Å²) in [6.07, 6.45) is 3.15. The summed E-state index contributed by atoms with van der Waals surface area (Å²) in [6, 6.07) is 7.95. The molecule has 4 nitrogen and oxygen atoms in total. The van der Waals surface area contributed by atoms with Gasteiger partial charge in [0, 0.05) is 9.35 Å². The molecule has 136 valence electrons. The van der Waals surface area contributed by atoms with Gasteiger partial charge in [-0.25, -0.2) is 4.68 Å². The fraction of sp³-hybridized carbons (Fsp3) is 0.450. The minimum Gasteiger partial charge on any atom is -0.267 e. The molecule has 3 aromatic rings. The highest BCUT2D eigenvalue weighted by molar-refractivity contribution is 9.10. The van der Waals surface area contributed by atoms with Crippen LogP contribution in [-0.4, -0.2) is 15.0 Å². The molecule has 0 radical (unpaired) electrons. The van der Waals surface area contributed by atoms with Crippen LogP contribution in [0.1, 0.15) is 43.2 Å². The molecule has 1 aliphatic rings. The van der Waals surface area contributed by atoms with E-state index in [4.69, 9.17) is 0 Å². The molecule has 0 saturated carbocycles. The molecule has 6 heteroatoms. The molecule has 2 aromatic heterocycles. The predicted octanol–water partition coefficient (Wildman–Crippen LogP) is 4.81. The smallest absolute Gasteiger partial charge is 0.267 e. The maximum absolute atomic E-state index is 13.1. The van der Waals surface area contributed by atoms with Gasteiger partial charge in [-0.05, 0) is 53.9 Å². The van der Waals surface area contributed by atoms with E-state index in [0.29, 0.717) is 17.9 Å². The Labute approximate surface area is 165 Å². The summed E-state index contributed by atoms with van der Waals surface area (Å²) in [5.74, 6) is 0.654. The standard InChI is InChI=1S/C20H22BrN3OS/c1-20(2,3)13-6-9-15-16(10-13)26-18-17(15)19(25)24(23-22-18)11-12-4-7-14(21)8-5-12/h4-5,7-8,13H,6,9-11H2,1-3H3/t13-/m1/s1. The van der Waals surface area contributed by atoms with Crippen molar-refractivity contribution in [3.05, 3.63) is 55.1 Å². The van der Waals surface area contributed by atoms with Gasteiger partial charge in [0.1, 0.15) is 0 Å².